The Kier molecular flexibility index (Phi) is 2.65. The zero-order valence-electron chi connectivity index (χ0n) is 8.70. The van der Waals surface area contributed by atoms with Crippen molar-refractivity contribution in [1.82, 2.24) is 4.98 Å². The summed E-state index contributed by atoms with van der Waals surface area (Å²) in [6.45, 7) is 4.24. The zero-order valence-corrected chi connectivity index (χ0v) is 10.3. The van der Waals surface area contributed by atoms with Crippen LogP contribution in [0, 0.1) is 0 Å². The lowest BCUT2D eigenvalue weighted by atomic mass is 9.83. The third-order valence-electron chi connectivity index (χ3n) is 2.61. The maximum absolute atomic E-state index is 5.36. The maximum Gasteiger partial charge on any atom is 0.180 e. The lowest BCUT2D eigenvalue weighted by Gasteiger charge is -2.22. The molecule has 0 N–H and O–H groups in total. The Bertz CT molecular complexity index is 431. The van der Waals surface area contributed by atoms with Gasteiger partial charge in [0, 0.05) is 9.89 Å². The molecule has 0 aliphatic carbocycles. The van der Waals surface area contributed by atoms with E-state index in [4.69, 9.17) is 4.42 Å². The topological polar surface area (TPSA) is 26.0 Å². The van der Waals surface area contributed by atoms with E-state index in [0.717, 1.165) is 10.2 Å². The van der Waals surface area contributed by atoms with Crippen LogP contribution in [-0.2, 0) is 5.41 Å². The minimum Gasteiger partial charge on any atom is -0.448 e. The van der Waals surface area contributed by atoms with Gasteiger partial charge in [0.05, 0.1) is 6.20 Å². The first-order chi connectivity index (χ1) is 7.10. The second-order valence-electron chi connectivity index (χ2n) is 4.00. The van der Waals surface area contributed by atoms with Gasteiger partial charge in [-0.25, -0.2) is 4.98 Å². The van der Waals surface area contributed by atoms with Crippen molar-refractivity contribution in [3.63, 3.8) is 0 Å². The van der Waals surface area contributed by atoms with Crippen molar-refractivity contribution in [1.29, 1.82) is 0 Å². The lowest BCUT2D eigenvalue weighted by molar-refractivity contribution is 0.427. The first-order valence-electron chi connectivity index (χ1n) is 4.76. The molecule has 2 nitrogen and oxygen atoms in total. The first-order valence-corrected chi connectivity index (χ1v) is 5.55. The van der Waals surface area contributed by atoms with Crippen LogP contribution >= 0.6 is 15.9 Å². The van der Waals surface area contributed by atoms with Crippen molar-refractivity contribution < 1.29 is 4.42 Å². The van der Waals surface area contributed by atoms with Crippen LogP contribution in [0.25, 0.3) is 0 Å². The second-order valence-corrected chi connectivity index (χ2v) is 4.91. The van der Waals surface area contributed by atoms with Gasteiger partial charge in [0.15, 0.2) is 6.39 Å². The molecule has 0 spiro atoms. The molecule has 2 rings (SSSR count). The molecule has 0 atom stereocenters. The van der Waals surface area contributed by atoms with E-state index in [0.29, 0.717) is 0 Å². The Morgan fingerprint density at radius 1 is 1.20 bits per heavy atom. The number of hydrogen-bond donors (Lipinski definition) is 0. The summed E-state index contributed by atoms with van der Waals surface area (Å²) in [6, 6.07) is 8.25. The number of benzene rings is 1. The minimum absolute atomic E-state index is 0.142. The molecule has 0 aliphatic heterocycles. The van der Waals surface area contributed by atoms with Crippen molar-refractivity contribution in [2.75, 3.05) is 0 Å². The van der Waals surface area contributed by atoms with E-state index in [2.05, 4.69) is 46.9 Å². The summed E-state index contributed by atoms with van der Waals surface area (Å²) in [4.78, 5) is 3.96. The molecule has 0 unspecified atom stereocenters. The van der Waals surface area contributed by atoms with Gasteiger partial charge in [0.2, 0.25) is 0 Å². The summed E-state index contributed by atoms with van der Waals surface area (Å²) in [5.74, 6) is 0.879. The molecule has 1 aromatic heterocycles. The maximum atomic E-state index is 5.36. The monoisotopic (exact) mass is 265 g/mol. The molecule has 0 fully saturated rings. The van der Waals surface area contributed by atoms with Gasteiger partial charge in [-0.05, 0) is 31.5 Å². The van der Waals surface area contributed by atoms with Crippen LogP contribution in [0.4, 0.5) is 0 Å². The lowest BCUT2D eigenvalue weighted by Crippen LogP contribution is -2.17. The predicted octanol–water partition coefficient (Wildman–Crippen LogP) is 3.76. The minimum atomic E-state index is -0.142. The van der Waals surface area contributed by atoms with Crippen LogP contribution in [0.3, 0.4) is 0 Å². The summed E-state index contributed by atoms with van der Waals surface area (Å²) in [5.41, 5.74) is 1.07. The molecule has 1 heterocycles. The van der Waals surface area contributed by atoms with E-state index in [1.165, 1.54) is 12.0 Å². The molecule has 0 saturated heterocycles. The third-order valence-corrected chi connectivity index (χ3v) is 3.14. The van der Waals surface area contributed by atoms with Crippen LogP contribution in [0.15, 0.2) is 45.7 Å². The normalized spacial score (nSPS) is 11.7. The van der Waals surface area contributed by atoms with Crippen molar-refractivity contribution in [3.05, 3.63) is 52.7 Å². The molecule has 0 bridgehead atoms. The molecule has 0 aliphatic rings. The average Bonchev–Trinajstić information content (AvgIpc) is 2.71. The van der Waals surface area contributed by atoms with Crippen molar-refractivity contribution in [2.24, 2.45) is 0 Å². The Hall–Kier alpha value is -1.09. The fourth-order valence-corrected chi connectivity index (χ4v) is 1.80. The quantitative estimate of drug-likeness (QED) is 0.827. The molecule has 0 radical (unpaired) electrons. The molecule has 3 heteroatoms. The second kappa shape index (κ2) is 3.81. The molecule has 0 amide bonds. The third kappa shape index (κ3) is 1.97. The molecule has 0 saturated carbocycles. The van der Waals surface area contributed by atoms with Crippen LogP contribution in [0.2, 0.25) is 0 Å². The smallest absolute Gasteiger partial charge is 0.180 e. The Labute approximate surface area is 97.5 Å². The number of oxazole rings is 1. The van der Waals surface area contributed by atoms with Crippen LogP contribution < -0.4 is 0 Å². The standard InChI is InChI=1S/C12H12BrNO/c1-12(2,11-7-14-8-15-11)9-3-5-10(13)6-4-9/h3-8H,1-2H3. The van der Waals surface area contributed by atoms with Crippen LogP contribution in [0.1, 0.15) is 25.2 Å². The van der Waals surface area contributed by atoms with E-state index in [1.54, 1.807) is 6.20 Å². The number of aromatic nitrogens is 1. The SMILES string of the molecule is CC(C)(c1ccc(Br)cc1)c1cnco1. The summed E-state index contributed by atoms with van der Waals surface area (Å²) in [5, 5.41) is 0. The Balaban J connectivity index is 2.41. The van der Waals surface area contributed by atoms with E-state index in [9.17, 15) is 0 Å². The summed E-state index contributed by atoms with van der Waals surface area (Å²) in [7, 11) is 0. The number of hydrogen-bond acceptors (Lipinski definition) is 2. The average molecular weight is 266 g/mol. The van der Waals surface area contributed by atoms with Crippen LogP contribution in [-0.4, -0.2) is 4.98 Å². The number of halogens is 1. The fraction of sp³-hybridized carbons (Fsp3) is 0.250. The largest absolute Gasteiger partial charge is 0.448 e. The highest BCUT2D eigenvalue weighted by atomic mass is 79.9. The van der Waals surface area contributed by atoms with Crippen LogP contribution in [0.5, 0.6) is 0 Å². The van der Waals surface area contributed by atoms with Gasteiger partial charge in [-0.15, -0.1) is 0 Å². The summed E-state index contributed by atoms with van der Waals surface area (Å²) < 4.78 is 6.44. The molecule has 15 heavy (non-hydrogen) atoms. The summed E-state index contributed by atoms with van der Waals surface area (Å²) >= 11 is 3.43. The molecular formula is C12H12BrNO. The van der Waals surface area contributed by atoms with Gasteiger partial charge in [-0.1, -0.05) is 28.1 Å². The van der Waals surface area contributed by atoms with Gasteiger partial charge >= 0.3 is 0 Å². The van der Waals surface area contributed by atoms with Gasteiger partial charge in [-0.3, -0.25) is 0 Å². The van der Waals surface area contributed by atoms with E-state index in [-0.39, 0.29) is 5.41 Å². The van der Waals surface area contributed by atoms with Crippen molar-refractivity contribution in [3.8, 4) is 0 Å². The van der Waals surface area contributed by atoms with Gasteiger partial charge < -0.3 is 4.42 Å². The van der Waals surface area contributed by atoms with E-state index in [1.807, 2.05) is 12.1 Å². The highest BCUT2D eigenvalue weighted by Crippen LogP contribution is 2.31. The summed E-state index contributed by atoms with van der Waals surface area (Å²) in [6.07, 6.45) is 3.23. The number of nitrogens with zero attached hydrogens (tertiary/aromatic N) is 1. The zero-order chi connectivity index (χ0) is 10.9. The molecule has 2 aromatic rings. The van der Waals surface area contributed by atoms with E-state index >= 15 is 0 Å². The molecule has 1 aromatic carbocycles. The van der Waals surface area contributed by atoms with Crippen molar-refractivity contribution in [2.45, 2.75) is 19.3 Å². The number of rotatable bonds is 2. The van der Waals surface area contributed by atoms with Gasteiger partial charge in [0.1, 0.15) is 5.76 Å². The highest BCUT2D eigenvalue weighted by Gasteiger charge is 2.26. The predicted molar refractivity (Wildman–Crippen MR) is 62.8 cm³/mol. The first kappa shape index (κ1) is 10.4. The van der Waals surface area contributed by atoms with Crippen molar-refractivity contribution >= 4 is 15.9 Å². The fourth-order valence-electron chi connectivity index (χ4n) is 1.53. The van der Waals surface area contributed by atoms with Gasteiger partial charge in [0.25, 0.3) is 0 Å². The highest BCUT2D eigenvalue weighted by molar-refractivity contribution is 9.10. The Morgan fingerprint density at radius 3 is 2.40 bits per heavy atom. The van der Waals surface area contributed by atoms with Gasteiger partial charge in [-0.2, -0.15) is 0 Å². The van der Waals surface area contributed by atoms with E-state index < -0.39 is 0 Å². The molecule has 78 valence electrons. The Morgan fingerprint density at radius 2 is 1.87 bits per heavy atom. The molecular weight excluding hydrogens is 254 g/mol.